The molecule has 1 aromatic heterocycles. The molecule has 3 N–H and O–H groups in total. The average molecular weight is 224 g/mol. The van der Waals surface area contributed by atoms with Crippen LogP contribution in [0.25, 0.3) is 0 Å². The van der Waals surface area contributed by atoms with Gasteiger partial charge in [-0.2, -0.15) is 5.10 Å². The Morgan fingerprint density at radius 1 is 1.50 bits per heavy atom. The lowest BCUT2D eigenvalue weighted by molar-refractivity contribution is -0.120. The Balaban J connectivity index is 2.85. The minimum Gasteiger partial charge on any atom is -0.368 e. The quantitative estimate of drug-likeness (QED) is 0.754. The second-order valence-electron chi connectivity index (χ2n) is 3.99. The highest BCUT2D eigenvalue weighted by Crippen LogP contribution is 2.11. The zero-order valence-electron chi connectivity index (χ0n) is 10.4. The molecule has 5 heteroatoms. The molecular weight excluding hydrogens is 204 g/mol. The molecule has 90 valence electrons. The van der Waals surface area contributed by atoms with Gasteiger partial charge in [-0.05, 0) is 32.9 Å². The number of carbonyl (C=O) groups excluding carboxylic acids is 1. The molecule has 0 fully saturated rings. The summed E-state index contributed by atoms with van der Waals surface area (Å²) in [6, 6.07) is -0.359. The van der Waals surface area contributed by atoms with E-state index in [1.165, 1.54) is 5.56 Å². The van der Waals surface area contributed by atoms with Crippen LogP contribution in [-0.2, 0) is 11.3 Å². The van der Waals surface area contributed by atoms with E-state index in [1.54, 1.807) is 0 Å². The van der Waals surface area contributed by atoms with E-state index in [4.69, 9.17) is 5.73 Å². The number of aromatic nitrogens is 2. The predicted octanol–water partition coefficient (Wildman–Crippen LogP) is 0.272. The van der Waals surface area contributed by atoms with Crippen LogP contribution in [0.15, 0.2) is 0 Å². The fourth-order valence-electron chi connectivity index (χ4n) is 1.64. The maximum Gasteiger partial charge on any atom is 0.236 e. The van der Waals surface area contributed by atoms with Gasteiger partial charge in [0, 0.05) is 5.69 Å². The van der Waals surface area contributed by atoms with Gasteiger partial charge in [0.15, 0.2) is 0 Å². The number of primary amides is 1. The predicted molar refractivity (Wildman–Crippen MR) is 63.1 cm³/mol. The third-order valence-electron chi connectivity index (χ3n) is 2.89. The van der Waals surface area contributed by atoms with Gasteiger partial charge < -0.3 is 11.1 Å². The summed E-state index contributed by atoms with van der Waals surface area (Å²) < 4.78 is 1.84. The Morgan fingerprint density at radius 3 is 2.50 bits per heavy atom. The van der Waals surface area contributed by atoms with E-state index in [1.807, 2.05) is 32.4 Å². The fourth-order valence-corrected chi connectivity index (χ4v) is 1.64. The molecule has 0 aliphatic heterocycles. The molecule has 0 bridgehead atoms. The lowest BCUT2D eigenvalue weighted by Crippen LogP contribution is -2.44. The summed E-state index contributed by atoms with van der Waals surface area (Å²) in [4.78, 5) is 11.2. The summed E-state index contributed by atoms with van der Waals surface area (Å²) in [6.45, 7) is 9.14. The van der Waals surface area contributed by atoms with Crippen molar-refractivity contribution in [2.75, 3.05) is 6.54 Å². The second kappa shape index (κ2) is 5.12. The zero-order chi connectivity index (χ0) is 12.3. The van der Waals surface area contributed by atoms with Gasteiger partial charge >= 0.3 is 0 Å². The van der Waals surface area contributed by atoms with Crippen LogP contribution in [-0.4, -0.2) is 28.3 Å². The molecule has 1 aromatic rings. The largest absolute Gasteiger partial charge is 0.368 e. The van der Waals surface area contributed by atoms with E-state index in [0.29, 0.717) is 13.1 Å². The number of aryl methyl sites for hydroxylation is 1. The maximum atomic E-state index is 11.2. The van der Waals surface area contributed by atoms with E-state index in [9.17, 15) is 4.79 Å². The summed E-state index contributed by atoms with van der Waals surface area (Å²) in [5, 5.41) is 7.43. The van der Waals surface area contributed by atoms with Crippen LogP contribution in [0.1, 0.15) is 23.9 Å². The van der Waals surface area contributed by atoms with E-state index in [0.717, 1.165) is 11.4 Å². The highest BCUT2D eigenvalue weighted by Gasteiger charge is 2.17. The van der Waals surface area contributed by atoms with Crippen LogP contribution in [0.4, 0.5) is 0 Å². The van der Waals surface area contributed by atoms with Gasteiger partial charge in [-0.15, -0.1) is 0 Å². The Morgan fingerprint density at radius 2 is 2.12 bits per heavy atom. The van der Waals surface area contributed by atoms with Crippen molar-refractivity contribution in [2.45, 2.75) is 40.3 Å². The van der Waals surface area contributed by atoms with Crippen molar-refractivity contribution in [3.63, 3.8) is 0 Å². The van der Waals surface area contributed by atoms with Crippen LogP contribution < -0.4 is 11.1 Å². The molecule has 0 spiro atoms. The van der Waals surface area contributed by atoms with Gasteiger partial charge in [-0.1, -0.05) is 6.92 Å². The van der Waals surface area contributed by atoms with Crippen LogP contribution in [0, 0.1) is 20.8 Å². The Hall–Kier alpha value is -1.36. The van der Waals surface area contributed by atoms with Gasteiger partial charge in [0.2, 0.25) is 5.91 Å². The molecule has 16 heavy (non-hydrogen) atoms. The van der Waals surface area contributed by atoms with Gasteiger partial charge in [0.05, 0.1) is 12.2 Å². The SMILES string of the molecule is CCNC(Cn1nc(C)c(C)c1C)C(N)=O. The summed E-state index contributed by atoms with van der Waals surface area (Å²) in [6.07, 6.45) is 0. The number of nitrogens with one attached hydrogen (secondary N) is 1. The lowest BCUT2D eigenvalue weighted by atomic mass is 10.2. The highest BCUT2D eigenvalue weighted by atomic mass is 16.1. The number of amides is 1. The van der Waals surface area contributed by atoms with Crippen molar-refractivity contribution >= 4 is 5.91 Å². The summed E-state index contributed by atoms with van der Waals surface area (Å²) in [5.74, 6) is -0.341. The van der Waals surface area contributed by atoms with Crippen molar-refractivity contribution in [3.05, 3.63) is 17.0 Å². The van der Waals surface area contributed by atoms with Gasteiger partial charge in [-0.3, -0.25) is 9.48 Å². The molecular formula is C11H20N4O. The molecule has 1 amide bonds. The lowest BCUT2D eigenvalue weighted by Gasteiger charge is -2.15. The molecule has 1 unspecified atom stereocenters. The maximum absolute atomic E-state index is 11.2. The topological polar surface area (TPSA) is 72.9 Å². The second-order valence-corrected chi connectivity index (χ2v) is 3.99. The Bertz CT molecular complexity index is 384. The minimum absolute atomic E-state index is 0.341. The molecule has 0 aliphatic rings. The zero-order valence-corrected chi connectivity index (χ0v) is 10.4. The first kappa shape index (κ1) is 12.7. The van der Waals surface area contributed by atoms with Gasteiger partial charge in [0.1, 0.15) is 6.04 Å². The first-order valence-corrected chi connectivity index (χ1v) is 5.50. The van der Waals surface area contributed by atoms with E-state index in [2.05, 4.69) is 10.4 Å². The molecule has 0 aliphatic carbocycles. The summed E-state index contributed by atoms with van der Waals surface area (Å²) in [5.41, 5.74) is 8.57. The van der Waals surface area contributed by atoms with Gasteiger partial charge in [-0.25, -0.2) is 0 Å². The van der Waals surface area contributed by atoms with Crippen molar-refractivity contribution < 1.29 is 4.79 Å². The first-order valence-electron chi connectivity index (χ1n) is 5.50. The molecule has 0 saturated carbocycles. The third-order valence-corrected chi connectivity index (χ3v) is 2.89. The molecule has 0 radical (unpaired) electrons. The molecule has 0 aromatic carbocycles. The van der Waals surface area contributed by atoms with Crippen molar-refractivity contribution in [1.82, 2.24) is 15.1 Å². The summed E-state index contributed by atoms with van der Waals surface area (Å²) in [7, 11) is 0. The van der Waals surface area contributed by atoms with Crippen LogP contribution >= 0.6 is 0 Å². The number of carbonyl (C=O) groups is 1. The van der Waals surface area contributed by atoms with Crippen LogP contribution in [0.3, 0.4) is 0 Å². The molecule has 1 atom stereocenters. The number of rotatable bonds is 5. The molecule has 1 rings (SSSR count). The fraction of sp³-hybridized carbons (Fsp3) is 0.636. The standard InChI is InChI=1S/C11H20N4O/c1-5-13-10(11(12)16)6-15-9(4)7(2)8(3)14-15/h10,13H,5-6H2,1-4H3,(H2,12,16). The number of nitrogens with zero attached hydrogens (tertiary/aromatic N) is 2. The van der Waals surface area contributed by atoms with Crippen molar-refractivity contribution in [1.29, 1.82) is 0 Å². The normalized spacial score (nSPS) is 12.8. The summed E-state index contributed by atoms with van der Waals surface area (Å²) >= 11 is 0. The number of likely N-dealkylation sites (N-methyl/N-ethyl adjacent to an activating group) is 1. The van der Waals surface area contributed by atoms with Crippen molar-refractivity contribution in [2.24, 2.45) is 5.73 Å². The van der Waals surface area contributed by atoms with E-state index in [-0.39, 0.29) is 11.9 Å². The Kier molecular flexibility index (Phi) is 4.06. The molecule has 5 nitrogen and oxygen atoms in total. The monoisotopic (exact) mass is 224 g/mol. The first-order chi connectivity index (χ1) is 7.47. The molecule has 1 heterocycles. The van der Waals surface area contributed by atoms with E-state index < -0.39 is 0 Å². The smallest absolute Gasteiger partial charge is 0.236 e. The van der Waals surface area contributed by atoms with Crippen molar-refractivity contribution in [3.8, 4) is 0 Å². The average Bonchev–Trinajstić information content (AvgIpc) is 2.45. The minimum atomic E-state index is -0.359. The third kappa shape index (κ3) is 2.61. The van der Waals surface area contributed by atoms with Gasteiger partial charge in [0.25, 0.3) is 0 Å². The Labute approximate surface area is 96.0 Å². The highest BCUT2D eigenvalue weighted by molar-refractivity contribution is 5.79. The van der Waals surface area contributed by atoms with Crippen LogP contribution in [0.5, 0.6) is 0 Å². The number of hydrogen-bond acceptors (Lipinski definition) is 3. The molecule has 0 saturated heterocycles. The van der Waals surface area contributed by atoms with E-state index >= 15 is 0 Å². The number of nitrogens with two attached hydrogens (primary N) is 1. The number of hydrogen-bond donors (Lipinski definition) is 2. The van der Waals surface area contributed by atoms with Crippen LogP contribution in [0.2, 0.25) is 0 Å².